The van der Waals surface area contributed by atoms with E-state index in [1.165, 1.54) is 17.5 Å². The third kappa shape index (κ3) is 3.52. The molecule has 0 fully saturated rings. The molecular formula is C6H7N3O3S. The molecule has 3 N–H and O–H groups in total. The molecule has 0 saturated heterocycles. The van der Waals surface area contributed by atoms with Crippen LogP contribution in [0.5, 0.6) is 0 Å². The molecule has 0 atom stereocenters. The van der Waals surface area contributed by atoms with E-state index in [-0.39, 0.29) is 0 Å². The molecule has 1 rings (SSSR count). The number of nitrogens with zero attached hydrogens (tertiary/aromatic N) is 1. The Labute approximate surface area is 77.6 Å². The van der Waals surface area contributed by atoms with Crippen LogP contribution in [0.4, 0.5) is 9.93 Å². The van der Waals surface area contributed by atoms with Gasteiger partial charge in [0.1, 0.15) is 6.54 Å². The van der Waals surface area contributed by atoms with Crippen molar-refractivity contribution in [3.63, 3.8) is 0 Å². The van der Waals surface area contributed by atoms with Gasteiger partial charge in [0, 0.05) is 11.6 Å². The lowest BCUT2D eigenvalue weighted by Crippen LogP contribution is -2.33. The van der Waals surface area contributed by atoms with E-state index in [9.17, 15) is 9.59 Å². The molecule has 0 bridgehead atoms. The fraction of sp³-hybridized carbons (Fsp3) is 0.167. The highest BCUT2D eigenvalue weighted by Crippen LogP contribution is 2.09. The number of thiazole rings is 1. The molecule has 6 nitrogen and oxygen atoms in total. The van der Waals surface area contributed by atoms with Gasteiger partial charge in [-0.15, -0.1) is 11.3 Å². The molecule has 1 aromatic rings. The van der Waals surface area contributed by atoms with Crippen molar-refractivity contribution in [3.05, 3.63) is 11.6 Å². The van der Waals surface area contributed by atoms with Gasteiger partial charge in [0.2, 0.25) is 0 Å². The van der Waals surface area contributed by atoms with E-state index in [2.05, 4.69) is 15.6 Å². The Hall–Kier alpha value is -1.63. The maximum Gasteiger partial charge on any atom is 0.323 e. The SMILES string of the molecule is O=C(O)CNC(=O)Nc1nccs1. The smallest absolute Gasteiger partial charge is 0.323 e. The van der Waals surface area contributed by atoms with E-state index in [1.54, 1.807) is 5.38 Å². The van der Waals surface area contributed by atoms with Gasteiger partial charge in [0.25, 0.3) is 0 Å². The summed E-state index contributed by atoms with van der Waals surface area (Å²) in [7, 11) is 0. The van der Waals surface area contributed by atoms with Crippen LogP contribution in [0, 0.1) is 0 Å². The Bertz CT molecular complexity index is 298. The molecule has 0 spiro atoms. The van der Waals surface area contributed by atoms with E-state index in [0.717, 1.165) is 0 Å². The highest BCUT2D eigenvalue weighted by Gasteiger charge is 2.04. The summed E-state index contributed by atoms with van der Waals surface area (Å²) in [4.78, 5) is 24.7. The van der Waals surface area contributed by atoms with Gasteiger partial charge in [0.05, 0.1) is 0 Å². The number of carbonyl (C=O) groups is 2. The number of amides is 2. The topological polar surface area (TPSA) is 91.3 Å². The molecule has 0 radical (unpaired) electrons. The van der Waals surface area contributed by atoms with Gasteiger partial charge in [0.15, 0.2) is 5.13 Å². The first kappa shape index (κ1) is 9.46. The van der Waals surface area contributed by atoms with E-state index in [1.807, 2.05) is 0 Å². The molecule has 1 heterocycles. The molecule has 0 aliphatic carbocycles. The third-order valence-electron chi connectivity index (χ3n) is 1.05. The number of carbonyl (C=O) groups excluding carboxylic acids is 1. The summed E-state index contributed by atoms with van der Waals surface area (Å²) in [5.41, 5.74) is 0. The largest absolute Gasteiger partial charge is 0.480 e. The number of aromatic nitrogens is 1. The van der Waals surface area contributed by atoms with Gasteiger partial charge in [-0.3, -0.25) is 10.1 Å². The normalized spacial score (nSPS) is 9.23. The first-order chi connectivity index (χ1) is 6.18. The first-order valence-electron chi connectivity index (χ1n) is 3.34. The van der Waals surface area contributed by atoms with Crippen LogP contribution in [0.3, 0.4) is 0 Å². The van der Waals surface area contributed by atoms with Crippen molar-refractivity contribution in [2.45, 2.75) is 0 Å². The molecule has 7 heteroatoms. The number of carboxylic acid groups (broad SMARTS) is 1. The second-order valence-electron chi connectivity index (χ2n) is 2.04. The molecule has 0 aliphatic heterocycles. The van der Waals surface area contributed by atoms with Gasteiger partial charge in [-0.1, -0.05) is 0 Å². The fourth-order valence-electron chi connectivity index (χ4n) is 0.582. The van der Waals surface area contributed by atoms with E-state index >= 15 is 0 Å². The Kier molecular flexibility index (Phi) is 3.21. The molecule has 0 aliphatic rings. The average molecular weight is 201 g/mol. The van der Waals surface area contributed by atoms with E-state index in [0.29, 0.717) is 5.13 Å². The summed E-state index contributed by atoms with van der Waals surface area (Å²) in [6.07, 6.45) is 1.54. The van der Waals surface area contributed by atoms with Crippen LogP contribution in [-0.2, 0) is 4.79 Å². The second-order valence-corrected chi connectivity index (χ2v) is 2.93. The summed E-state index contributed by atoms with van der Waals surface area (Å²) in [5.74, 6) is -1.09. The lowest BCUT2D eigenvalue weighted by molar-refractivity contribution is -0.135. The Morgan fingerprint density at radius 1 is 1.62 bits per heavy atom. The average Bonchev–Trinajstić information content (AvgIpc) is 2.53. The molecule has 1 aromatic heterocycles. The summed E-state index contributed by atoms with van der Waals surface area (Å²) in [5, 5.41) is 14.9. The highest BCUT2D eigenvalue weighted by molar-refractivity contribution is 7.13. The lowest BCUT2D eigenvalue weighted by atomic mass is 10.6. The summed E-state index contributed by atoms with van der Waals surface area (Å²) in [6.45, 7) is -0.406. The lowest BCUT2D eigenvalue weighted by Gasteiger charge is -2.01. The molecule has 0 unspecified atom stereocenters. The first-order valence-corrected chi connectivity index (χ1v) is 4.22. The number of rotatable bonds is 3. The second kappa shape index (κ2) is 4.41. The van der Waals surface area contributed by atoms with E-state index in [4.69, 9.17) is 5.11 Å². The molecular weight excluding hydrogens is 194 g/mol. The number of hydrogen-bond acceptors (Lipinski definition) is 4. The van der Waals surface area contributed by atoms with Crippen molar-refractivity contribution in [3.8, 4) is 0 Å². The molecule has 13 heavy (non-hydrogen) atoms. The number of anilines is 1. The molecule has 70 valence electrons. The van der Waals surface area contributed by atoms with Crippen molar-refractivity contribution in [2.24, 2.45) is 0 Å². The van der Waals surface area contributed by atoms with Gasteiger partial charge >= 0.3 is 12.0 Å². The summed E-state index contributed by atoms with van der Waals surface area (Å²) >= 11 is 1.26. The number of nitrogens with one attached hydrogen (secondary N) is 2. The van der Waals surface area contributed by atoms with Crippen molar-refractivity contribution in [1.29, 1.82) is 0 Å². The predicted octanol–water partition coefficient (Wildman–Crippen LogP) is 0.349. The van der Waals surface area contributed by atoms with Gasteiger partial charge in [-0.2, -0.15) is 0 Å². The quantitative estimate of drug-likeness (QED) is 0.658. The maximum absolute atomic E-state index is 10.9. The third-order valence-corrected chi connectivity index (χ3v) is 1.74. The minimum Gasteiger partial charge on any atom is -0.480 e. The van der Waals surface area contributed by atoms with Crippen molar-refractivity contribution < 1.29 is 14.7 Å². The number of urea groups is 1. The number of hydrogen-bond donors (Lipinski definition) is 3. The van der Waals surface area contributed by atoms with Crippen LogP contribution in [0.15, 0.2) is 11.6 Å². The standard InChI is InChI=1S/C6H7N3O3S/c10-4(11)3-8-5(12)9-6-7-1-2-13-6/h1-2H,3H2,(H,10,11)(H2,7,8,9,12). The van der Waals surface area contributed by atoms with E-state index < -0.39 is 18.5 Å². The zero-order valence-corrected chi connectivity index (χ0v) is 7.30. The number of aliphatic carboxylic acids is 1. The van der Waals surface area contributed by atoms with Gasteiger partial charge < -0.3 is 10.4 Å². The summed E-state index contributed by atoms with van der Waals surface area (Å²) < 4.78 is 0. The van der Waals surface area contributed by atoms with Crippen LogP contribution >= 0.6 is 11.3 Å². The van der Waals surface area contributed by atoms with Crippen LogP contribution in [0.1, 0.15) is 0 Å². The van der Waals surface area contributed by atoms with Crippen LogP contribution < -0.4 is 10.6 Å². The zero-order valence-electron chi connectivity index (χ0n) is 6.48. The molecule has 0 saturated carbocycles. The van der Waals surface area contributed by atoms with Gasteiger partial charge in [-0.25, -0.2) is 9.78 Å². The Balaban J connectivity index is 2.30. The Morgan fingerprint density at radius 3 is 2.92 bits per heavy atom. The van der Waals surface area contributed by atoms with Crippen molar-refractivity contribution in [2.75, 3.05) is 11.9 Å². The van der Waals surface area contributed by atoms with Crippen LogP contribution in [0.2, 0.25) is 0 Å². The zero-order chi connectivity index (χ0) is 9.68. The minimum atomic E-state index is -1.09. The summed E-state index contributed by atoms with van der Waals surface area (Å²) in [6, 6.07) is -0.572. The predicted molar refractivity (Wildman–Crippen MR) is 46.8 cm³/mol. The highest BCUT2D eigenvalue weighted by atomic mass is 32.1. The van der Waals surface area contributed by atoms with Crippen LogP contribution in [-0.4, -0.2) is 28.6 Å². The Morgan fingerprint density at radius 2 is 2.38 bits per heavy atom. The van der Waals surface area contributed by atoms with Gasteiger partial charge in [-0.05, 0) is 0 Å². The molecule has 0 aromatic carbocycles. The fourth-order valence-corrected chi connectivity index (χ4v) is 1.11. The minimum absolute atomic E-state index is 0.406. The van der Waals surface area contributed by atoms with Crippen molar-refractivity contribution in [1.82, 2.24) is 10.3 Å². The monoisotopic (exact) mass is 201 g/mol. The maximum atomic E-state index is 10.9. The van der Waals surface area contributed by atoms with Crippen LogP contribution in [0.25, 0.3) is 0 Å². The number of carboxylic acids is 1. The molecule has 2 amide bonds. The van der Waals surface area contributed by atoms with Crippen molar-refractivity contribution >= 4 is 28.5 Å².